The zero-order valence-corrected chi connectivity index (χ0v) is 11.9. The number of H-pyrrole nitrogens is 1. The number of hydrogen-bond donors (Lipinski definition) is 1. The number of nitriles is 1. The van der Waals surface area contributed by atoms with Gasteiger partial charge in [-0.15, -0.1) is 0 Å². The predicted molar refractivity (Wildman–Crippen MR) is 81.5 cm³/mol. The first-order valence-corrected chi connectivity index (χ1v) is 6.51. The summed E-state index contributed by atoms with van der Waals surface area (Å²) >= 11 is 0. The molecule has 114 valence electrons. The van der Waals surface area contributed by atoms with Crippen molar-refractivity contribution in [3.63, 3.8) is 0 Å². The molecule has 0 aliphatic rings. The second kappa shape index (κ2) is 5.65. The largest absolute Gasteiger partial charge is 0.497 e. The maximum atomic E-state index is 10.6. The third-order valence-electron chi connectivity index (χ3n) is 3.14. The molecule has 0 saturated heterocycles. The Morgan fingerprint density at radius 3 is 2.96 bits per heavy atom. The van der Waals surface area contributed by atoms with E-state index in [0.717, 1.165) is 0 Å². The highest BCUT2D eigenvalue weighted by Gasteiger charge is 2.13. The van der Waals surface area contributed by atoms with E-state index in [9.17, 15) is 15.4 Å². The SMILES string of the molecule is COc1ccc2nc(/C(C#N)=C\c3ccc([N+](=O)[O-])o3)[nH]c2c1. The fraction of sp³-hybridized carbons (Fsp3) is 0.0667. The number of nitro groups is 1. The average Bonchev–Trinajstić information content (AvgIpc) is 3.18. The van der Waals surface area contributed by atoms with E-state index in [1.807, 2.05) is 6.07 Å². The van der Waals surface area contributed by atoms with Gasteiger partial charge >= 0.3 is 5.88 Å². The van der Waals surface area contributed by atoms with Gasteiger partial charge in [-0.05, 0) is 18.2 Å². The van der Waals surface area contributed by atoms with Gasteiger partial charge in [0, 0.05) is 12.1 Å². The number of allylic oxidation sites excluding steroid dienone is 1. The number of hydrogen-bond acceptors (Lipinski definition) is 6. The first-order chi connectivity index (χ1) is 11.1. The number of rotatable bonds is 4. The molecule has 3 rings (SSSR count). The molecule has 0 unspecified atom stereocenters. The molecule has 3 aromatic rings. The van der Waals surface area contributed by atoms with Crippen molar-refractivity contribution in [2.75, 3.05) is 7.11 Å². The number of ether oxygens (including phenoxy) is 1. The van der Waals surface area contributed by atoms with Gasteiger partial charge in [0.2, 0.25) is 0 Å². The van der Waals surface area contributed by atoms with E-state index in [0.29, 0.717) is 22.6 Å². The van der Waals surface area contributed by atoms with Crippen LogP contribution in [0.4, 0.5) is 5.88 Å². The van der Waals surface area contributed by atoms with Gasteiger partial charge < -0.3 is 14.1 Å². The zero-order valence-electron chi connectivity index (χ0n) is 11.9. The Hall–Kier alpha value is -3.60. The zero-order chi connectivity index (χ0) is 16.4. The Morgan fingerprint density at radius 1 is 1.48 bits per heavy atom. The maximum absolute atomic E-state index is 10.6. The molecule has 2 heterocycles. The lowest BCUT2D eigenvalue weighted by Crippen LogP contribution is -1.84. The number of imidazole rings is 1. The Balaban J connectivity index is 2.01. The van der Waals surface area contributed by atoms with Crippen LogP contribution in [0.1, 0.15) is 11.6 Å². The monoisotopic (exact) mass is 310 g/mol. The smallest absolute Gasteiger partial charge is 0.433 e. The topological polar surface area (TPSA) is 118 Å². The Bertz CT molecular complexity index is 961. The molecular weight excluding hydrogens is 300 g/mol. The van der Waals surface area contributed by atoms with Crippen LogP contribution in [0, 0.1) is 21.4 Å². The molecule has 0 fully saturated rings. The normalized spacial score (nSPS) is 11.4. The lowest BCUT2D eigenvalue weighted by molar-refractivity contribution is -0.402. The van der Waals surface area contributed by atoms with Crippen molar-refractivity contribution in [2.24, 2.45) is 0 Å². The minimum atomic E-state index is -0.642. The van der Waals surface area contributed by atoms with Gasteiger partial charge in [-0.3, -0.25) is 10.1 Å². The number of nitrogens with one attached hydrogen (secondary N) is 1. The van der Waals surface area contributed by atoms with Crippen LogP contribution < -0.4 is 4.74 Å². The quantitative estimate of drug-likeness (QED) is 0.449. The number of methoxy groups -OCH3 is 1. The second-order valence-electron chi connectivity index (χ2n) is 4.57. The maximum Gasteiger partial charge on any atom is 0.433 e. The summed E-state index contributed by atoms with van der Waals surface area (Å²) in [6.07, 6.45) is 1.39. The van der Waals surface area contributed by atoms with Crippen LogP contribution in [0.15, 0.2) is 34.7 Å². The standard InChI is InChI=1S/C15H10N4O4/c1-22-10-2-4-12-13(7-10)18-15(17-12)9(8-16)6-11-3-5-14(23-11)19(20)21/h2-7H,1H3,(H,17,18)/b9-6-. The fourth-order valence-corrected chi connectivity index (χ4v) is 2.06. The highest BCUT2D eigenvalue weighted by molar-refractivity contribution is 5.89. The van der Waals surface area contributed by atoms with Crippen LogP contribution in [0.25, 0.3) is 22.7 Å². The molecule has 0 bridgehead atoms. The summed E-state index contributed by atoms with van der Waals surface area (Å²) in [6.45, 7) is 0. The summed E-state index contributed by atoms with van der Waals surface area (Å²) in [5, 5.41) is 19.9. The molecule has 23 heavy (non-hydrogen) atoms. The molecule has 0 saturated carbocycles. The molecule has 0 atom stereocenters. The fourth-order valence-electron chi connectivity index (χ4n) is 2.06. The average molecular weight is 310 g/mol. The minimum Gasteiger partial charge on any atom is -0.497 e. The van der Waals surface area contributed by atoms with Crippen LogP contribution >= 0.6 is 0 Å². The summed E-state index contributed by atoms with van der Waals surface area (Å²) in [6, 6.07) is 9.94. The van der Waals surface area contributed by atoms with E-state index in [1.165, 1.54) is 18.2 Å². The lowest BCUT2D eigenvalue weighted by Gasteiger charge is -1.96. The van der Waals surface area contributed by atoms with Crippen molar-refractivity contribution in [2.45, 2.75) is 0 Å². The molecule has 0 radical (unpaired) electrons. The molecule has 8 nitrogen and oxygen atoms in total. The summed E-state index contributed by atoms with van der Waals surface area (Å²) in [4.78, 5) is 17.3. The van der Waals surface area contributed by atoms with Crippen molar-refractivity contribution >= 4 is 28.6 Å². The Labute approximate surface area is 129 Å². The van der Waals surface area contributed by atoms with Crippen LogP contribution in [-0.2, 0) is 0 Å². The van der Waals surface area contributed by atoms with Crippen LogP contribution in [-0.4, -0.2) is 22.0 Å². The Kier molecular flexibility index (Phi) is 3.52. The number of furan rings is 1. The van der Waals surface area contributed by atoms with E-state index in [-0.39, 0.29) is 17.2 Å². The van der Waals surface area contributed by atoms with Gasteiger partial charge in [-0.25, -0.2) is 4.98 Å². The first-order valence-electron chi connectivity index (χ1n) is 6.51. The third kappa shape index (κ3) is 2.75. The van der Waals surface area contributed by atoms with Crippen LogP contribution in [0.5, 0.6) is 5.75 Å². The number of aromatic nitrogens is 2. The van der Waals surface area contributed by atoms with E-state index in [4.69, 9.17) is 9.15 Å². The van der Waals surface area contributed by atoms with E-state index >= 15 is 0 Å². The summed E-state index contributed by atoms with van der Waals surface area (Å²) in [5.74, 6) is 0.820. The van der Waals surface area contributed by atoms with Gasteiger partial charge in [0.25, 0.3) is 0 Å². The molecule has 0 spiro atoms. The van der Waals surface area contributed by atoms with Gasteiger partial charge in [0.05, 0.1) is 29.8 Å². The highest BCUT2D eigenvalue weighted by Crippen LogP contribution is 2.24. The summed E-state index contributed by atoms with van der Waals surface area (Å²) < 4.78 is 10.2. The van der Waals surface area contributed by atoms with Crippen molar-refractivity contribution in [1.82, 2.24) is 9.97 Å². The molecule has 8 heteroatoms. The van der Waals surface area contributed by atoms with Crippen molar-refractivity contribution in [3.05, 3.63) is 52.0 Å². The van der Waals surface area contributed by atoms with Crippen LogP contribution in [0.3, 0.4) is 0 Å². The third-order valence-corrected chi connectivity index (χ3v) is 3.14. The van der Waals surface area contributed by atoms with E-state index in [1.54, 1.807) is 25.3 Å². The molecule has 1 N–H and O–H groups in total. The number of fused-ring (bicyclic) bond motifs is 1. The molecular formula is C15H10N4O4. The molecule has 0 amide bonds. The molecule has 0 aliphatic heterocycles. The Morgan fingerprint density at radius 2 is 2.30 bits per heavy atom. The van der Waals surface area contributed by atoms with Gasteiger partial charge in [0.1, 0.15) is 28.3 Å². The van der Waals surface area contributed by atoms with Crippen molar-refractivity contribution < 1.29 is 14.1 Å². The van der Waals surface area contributed by atoms with Crippen molar-refractivity contribution in [3.8, 4) is 11.8 Å². The highest BCUT2D eigenvalue weighted by atomic mass is 16.6. The number of aromatic amines is 1. The van der Waals surface area contributed by atoms with Gasteiger partial charge in [-0.1, -0.05) is 0 Å². The first kappa shape index (κ1) is 14.3. The van der Waals surface area contributed by atoms with Crippen LogP contribution in [0.2, 0.25) is 0 Å². The number of nitrogens with zero attached hydrogens (tertiary/aromatic N) is 3. The summed E-state index contributed by atoms with van der Waals surface area (Å²) in [5.41, 5.74) is 1.59. The van der Waals surface area contributed by atoms with Gasteiger partial charge in [-0.2, -0.15) is 5.26 Å². The van der Waals surface area contributed by atoms with E-state index in [2.05, 4.69) is 9.97 Å². The molecule has 2 aromatic heterocycles. The minimum absolute atomic E-state index is 0.199. The molecule has 0 aliphatic carbocycles. The van der Waals surface area contributed by atoms with E-state index < -0.39 is 4.92 Å². The second-order valence-corrected chi connectivity index (χ2v) is 4.57. The number of benzene rings is 1. The predicted octanol–water partition coefficient (Wildman–Crippen LogP) is 3.14. The lowest BCUT2D eigenvalue weighted by atomic mass is 10.2. The van der Waals surface area contributed by atoms with Gasteiger partial charge in [0.15, 0.2) is 0 Å². The molecule has 1 aromatic carbocycles. The van der Waals surface area contributed by atoms with Crippen molar-refractivity contribution in [1.29, 1.82) is 5.26 Å². The summed E-state index contributed by atoms with van der Waals surface area (Å²) in [7, 11) is 1.56.